The van der Waals surface area contributed by atoms with Crippen molar-refractivity contribution >= 4 is 11.5 Å². The highest BCUT2D eigenvalue weighted by Gasteiger charge is 2.26. The van der Waals surface area contributed by atoms with Crippen LogP contribution in [-0.2, 0) is 16.1 Å². The monoisotopic (exact) mass is 353 g/mol. The second kappa shape index (κ2) is 8.28. The number of nitrogens with zero attached hydrogens (tertiary/aromatic N) is 1. The number of hydrogen-bond acceptors (Lipinski definition) is 3. The van der Waals surface area contributed by atoms with Gasteiger partial charge in [0.15, 0.2) is 0 Å². The summed E-state index contributed by atoms with van der Waals surface area (Å²) in [6.45, 7) is 6.31. The van der Waals surface area contributed by atoms with E-state index in [1.807, 2.05) is 32.0 Å². The zero-order chi connectivity index (χ0) is 18.5. The molecule has 0 bridgehead atoms. The minimum Gasteiger partial charge on any atom is -0.463 e. The van der Waals surface area contributed by atoms with E-state index in [1.54, 1.807) is 6.07 Å². The van der Waals surface area contributed by atoms with Crippen LogP contribution in [-0.4, -0.2) is 30.6 Å². The lowest BCUT2D eigenvalue weighted by atomic mass is 9.91. The Hall–Kier alpha value is -2.46. The van der Waals surface area contributed by atoms with Crippen LogP contribution in [0.1, 0.15) is 30.0 Å². The fourth-order valence-electron chi connectivity index (χ4n) is 3.45. The molecule has 0 fully saturated rings. The number of carbonyl (C=O) groups excluding carboxylic acids is 1. The van der Waals surface area contributed by atoms with Gasteiger partial charge in [-0.2, -0.15) is 0 Å². The third-order valence-electron chi connectivity index (χ3n) is 4.71. The largest absolute Gasteiger partial charge is 0.463 e. The molecule has 0 radical (unpaired) electrons. The highest BCUT2D eigenvalue weighted by atomic mass is 19.1. The van der Waals surface area contributed by atoms with E-state index in [9.17, 15) is 9.18 Å². The van der Waals surface area contributed by atoms with E-state index in [0.717, 1.165) is 29.8 Å². The highest BCUT2D eigenvalue weighted by Crippen LogP contribution is 2.30. The molecule has 2 aromatic rings. The van der Waals surface area contributed by atoms with Gasteiger partial charge >= 0.3 is 5.97 Å². The molecule has 0 saturated heterocycles. The van der Waals surface area contributed by atoms with Crippen LogP contribution in [0.5, 0.6) is 0 Å². The summed E-state index contributed by atoms with van der Waals surface area (Å²) in [6, 6.07) is 15.0. The molecule has 3 rings (SSSR count). The molecule has 0 aromatic heterocycles. The summed E-state index contributed by atoms with van der Waals surface area (Å²) in [5.74, 6) is -0.521. The van der Waals surface area contributed by atoms with Crippen molar-refractivity contribution < 1.29 is 13.9 Å². The van der Waals surface area contributed by atoms with Gasteiger partial charge in [0, 0.05) is 25.2 Å². The molecule has 1 aliphatic heterocycles. The Labute approximate surface area is 154 Å². The van der Waals surface area contributed by atoms with Crippen LogP contribution in [0.4, 0.5) is 4.39 Å². The number of benzene rings is 2. The summed E-state index contributed by atoms with van der Waals surface area (Å²) in [6.07, 6.45) is 0.637. The number of esters is 1. The molecule has 0 spiro atoms. The van der Waals surface area contributed by atoms with E-state index in [-0.39, 0.29) is 11.8 Å². The molecule has 0 aliphatic carbocycles. The van der Waals surface area contributed by atoms with Crippen molar-refractivity contribution in [2.75, 3.05) is 19.7 Å². The molecule has 0 atom stereocenters. The van der Waals surface area contributed by atoms with Crippen LogP contribution < -0.4 is 0 Å². The Kier molecular flexibility index (Phi) is 5.84. The van der Waals surface area contributed by atoms with Gasteiger partial charge in [-0.25, -0.2) is 9.18 Å². The molecule has 0 amide bonds. The summed E-state index contributed by atoms with van der Waals surface area (Å²) in [5.41, 5.74) is 4.66. The summed E-state index contributed by atoms with van der Waals surface area (Å²) >= 11 is 0. The summed E-state index contributed by atoms with van der Waals surface area (Å²) < 4.78 is 18.8. The fraction of sp³-hybridized carbons (Fsp3) is 0.318. The lowest BCUT2D eigenvalue weighted by Gasteiger charge is -2.31. The Bertz CT molecular complexity index is 814. The molecule has 0 saturated carbocycles. The van der Waals surface area contributed by atoms with Crippen molar-refractivity contribution in [3.8, 4) is 0 Å². The van der Waals surface area contributed by atoms with Crippen molar-refractivity contribution in [1.29, 1.82) is 0 Å². The van der Waals surface area contributed by atoms with Gasteiger partial charge in [-0.1, -0.05) is 36.4 Å². The van der Waals surface area contributed by atoms with E-state index in [0.29, 0.717) is 25.1 Å². The second-order valence-corrected chi connectivity index (χ2v) is 6.58. The number of carbonyl (C=O) groups is 1. The van der Waals surface area contributed by atoms with Crippen LogP contribution >= 0.6 is 0 Å². The Morgan fingerprint density at radius 2 is 1.96 bits per heavy atom. The zero-order valence-corrected chi connectivity index (χ0v) is 15.3. The maximum Gasteiger partial charge on any atom is 0.334 e. The Morgan fingerprint density at radius 1 is 1.19 bits per heavy atom. The van der Waals surface area contributed by atoms with E-state index in [4.69, 9.17) is 4.74 Å². The van der Waals surface area contributed by atoms with Crippen molar-refractivity contribution in [3.63, 3.8) is 0 Å². The summed E-state index contributed by atoms with van der Waals surface area (Å²) in [5, 5.41) is 0. The summed E-state index contributed by atoms with van der Waals surface area (Å²) in [7, 11) is 0. The molecule has 136 valence electrons. The quantitative estimate of drug-likeness (QED) is 0.748. The van der Waals surface area contributed by atoms with Crippen LogP contribution in [0.15, 0.2) is 54.1 Å². The molecule has 1 heterocycles. The average Bonchev–Trinajstić information content (AvgIpc) is 2.63. The van der Waals surface area contributed by atoms with Gasteiger partial charge in [-0.3, -0.25) is 4.90 Å². The van der Waals surface area contributed by atoms with Crippen molar-refractivity contribution in [2.45, 2.75) is 26.8 Å². The van der Waals surface area contributed by atoms with Crippen LogP contribution in [0.25, 0.3) is 5.57 Å². The molecule has 3 nitrogen and oxygen atoms in total. The third-order valence-corrected chi connectivity index (χ3v) is 4.71. The van der Waals surface area contributed by atoms with E-state index in [2.05, 4.69) is 17.0 Å². The van der Waals surface area contributed by atoms with Crippen LogP contribution in [0.2, 0.25) is 0 Å². The number of hydrogen-bond donors (Lipinski definition) is 0. The van der Waals surface area contributed by atoms with Gasteiger partial charge in [-0.05, 0) is 54.7 Å². The Balaban J connectivity index is 1.93. The SMILES string of the molecule is CCOC(=O)C1=C(c2ccc(F)cc2C)CN(Cc2ccccc2)CC1. The molecule has 0 N–H and O–H groups in total. The first-order chi connectivity index (χ1) is 12.6. The smallest absolute Gasteiger partial charge is 0.334 e. The van der Waals surface area contributed by atoms with Crippen molar-refractivity contribution in [3.05, 3.63) is 76.6 Å². The van der Waals surface area contributed by atoms with Crippen molar-refractivity contribution in [2.24, 2.45) is 0 Å². The molecular weight excluding hydrogens is 329 g/mol. The number of halogens is 1. The van der Waals surface area contributed by atoms with E-state index in [1.165, 1.54) is 17.7 Å². The van der Waals surface area contributed by atoms with Gasteiger partial charge in [-0.15, -0.1) is 0 Å². The van der Waals surface area contributed by atoms with E-state index >= 15 is 0 Å². The van der Waals surface area contributed by atoms with E-state index < -0.39 is 0 Å². The highest BCUT2D eigenvalue weighted by molar-refractivity contribution is 5.98. The fourth-order valence-corrected chi connectivity index (χ4v) is 3.45. The minimum absolute atomic E-state index is 0.259. The zero-order valence-electron chi connectivity index (χ0n) is 15.3. The molecule has 26 heavy (non-hydrogen) atoms. The van der Waals surface area contributed by atoms with Gasteiger partial charge < -0.3 is 4.74 Å². The van der Waals surface area contributed by atoms with Gasteiger partial charge in [0.25, 0.3) is 0 Å². The van der Waals surface area contributed by atoms with Crippen molar-refractivity contribution in [1.82, 2.24) is 4.90 Å². The van der Waals surface area contributed by atoms with Crippen LogP contribution in [0.3, 0.4) is 0 Å². The average molecular weight is 353 g/mol. The van der Waals surface area contributed by atoms with Crippen LogP contribution in [0, 0.1) is 12.7 Å². The minimum atomic E-state index is -0.263. The normalized spacial score (nSPS) is 15.2. The van der Waals surface area contributed by atoms with Gasteiger partial charge in [0.2, 0.25) is 0 Å². The maximum atomic E-state index is 13.5. The van der Waals surface area contributed by atoms with Gasteiger partial charge in [0.1, 0.15) is 5.82 Å². The first kappa shape index (κ1) is 18.3. The lowest BCUT2D eigenvalue weighted by molar-refractivity contribution is -0.138. The predicted molar refractivity (Wildman–Crippen MR) is 101 cm³/mol. The van der Waals surface area contributed by atoms with Gasteiger partial charge in [0.05, 0.1) is 6.61 Å². The predicted octanol–water partition coefficient (Wildman–Crippen LogP) is 4.36. The molecule has 2 aromatic carbocycles. The molecule has 0 unspecified atom stereocenters. The molecular formula is C22H24FNO2. The lowest BCUT2D eigenvalue weighted by Crippen LogP contribution is -2.33. The summed E-state index contributed by atoms with van der Waals surface area (Å²) in [4.78, 5) is 14.8. The number of rotatable bonds is 5. The first-order valence-corrected chi connectivity index (χ1v) is 9.00. The topological polar surface area (TPSA) is 29.5 Å². The number of aryl methyl sites for hydroxylation is 1. The third kappa shape index (κ3) is 4.20. The standard InChI is InChI=1S/C22H24FNO2/c1-3-26-22(25)20-11-12-24(14-17-7-5-4-6-8-17)15-21(20)19-10-9-18(23)13-16(19)2/h4-10,13H,3,11-12,14-15H2,1-2H3. The molecule has 1 aliphatic rings. The maximum absolute atomic E-state index is 13.5. The second-order valence-electron chi connectivity index (χ2n) is 6.58. The first-order valence-electron chi connectivity index (χ1n) is 9.00. The Morgan fingerprint density at radius 3 is 2.65 bits per heavy atom. The molecule has 4 heteroatoms. The number of ether oxygens (including phenoxy) is 1.